The minimum absolute atomic E-state index is 0.104. The first kappa shape index (κ1) is 90.1. The van der Waals surface area contributed by atoms with Crippen molar-refractivity contribution in [1.29, 1.82) is 0 Å². The van der Waals surface area contributed by atoms with Gasteiger partial charge in [-0.15, -0.1) is 0 Å². The van der Waals surface area contributed by atoms with Crippen LogP contribution in [0.4, 0.5) is 0 Å². The number of carbonyl (C=O) groups is 4. The number of ether oxygens (including phenoxy) is 4. The highest BCUT2D eigenvalue weighted by Crippen LogP contribution is 2.45. The van der Waals surface area contributed by atoms with Gasteiger partial charge in [-0.05, 0) is 49.4 Å². The molecule has 0 aromatic carbocycles. The Bertz CT molecular complexity index is 1820. The molecule has 0 amide bonds. The first-order chi connectivity index (χ1) is 44.2. The van der Waals surface area contributed by atoms with E-state index in [4.69, 9.17) is 37.0 Å². The fourth-order valence-electron chi connectivity index (χ4n) is 11.0. The van der Waals surface area contributed by atoms with Crippen LogP contribution < -0.4 is 0 Å². The van der Waals surface area contributed by atoms with Gasteiger partial charge in [0.15, 0.2) is 12.2 Å². The van der Waals surface area contributed by atoms with Gasteiger partial charge in [0.1, 0.15) is 19.3 Å². The molecule has 5 unspecified atom stereocenters. The zero-order chi connectivity index (χ0) is 68.2. The predicted octanol–water partition coefficient (Wildman–Crippen LogP) is 20.9. The third-order valence-electron chi connectivity index (χ3n) is 17.5. The molecule has 0 aliphatic heterocycles. The standard InChI is InChI=1S/C73H142O17P2/c1-9-65(7)51-43-35-26-23-24-28-40-48-56-73(78)90-69(60-84-71(76)54-46-38-32-30-36-44-52-66(8)10-2)62-88-92(81,82)86-58-67(74)57-85-91(79,80)87-61-68(59-83-70(75)53-45-37-31-29-34-42-50-64(5)6)89-72(77)55-47-39-27-22-20-18-16-14-12-11-13-15-17-19-21-25-33-41-49-63(3)4/h63-69,74H,9-62H2,1-8H3,(H,79,80)(H,81,82)/t65?,66?,67?,68-,69-/m1/s1. The highest BCUT2D eigenvalue weighted by molar-refractivity contribution is 7.47. The number of unbranched alkanes of at least 4 members (excludes halogenated alkanes) is 34. The lowest BCUT2D eigenvalue weighted by Gasteiger charge is -2.21. The van der Waals surface area contributed by atoms with Crippen LogP contribution in [0.5, 0.6) is 0 Å². The smallest absolute Gasteiger partial charge is 0.462 e. The van der Waals surface area contributed by atoms with Crippen molar-refractivity contribution in [3.8, 4) is 0 Å². The minimum Gasteiger partial charge on any atom is -0.462 e. The van der Waals surface area contributed by atoms with E-state index >= 15 is 0 Å². The Morgan fingerprint density at radius 3 is 0.772 bits per heavy atom. The van der Waals surface area contributed by atoms with Gasteiger partial charge in [0.2, 0.25) is 0 Å². The van der Waals surface area contributed by atoms with Crippen molar-refractivity contribution in [1.82, 2.24) is 0 Å². The van der Waals surface area contributed by atoms with Gasteiger partial charge in [0.05, 0.1) is 26.4 Å². The molecule has 0 aromatic heterocycles. The number of esters is 4. The SMILES string of the molecule is CCC(C)CCCCCCCCCCC(=O)O[C@H](COC(=O)CCCCCCCCC(C)CC)COP(=O)(O)OCC(O)COP(=O)(O)OC[C@@H](COC(=O)CCCCCCCCC(C)C)OC(=O)CCCCCCCCCCCCCCCCCCCCC(C)C. The van der Waals surface area contributed by atoms with Gasteiger partial charge in [0.25, 0.3) is 0 Å². The molecule has 0 bridgehead atoms. The third-order valence-corrected chi connectivity index (χ3v) is 19.4. The van der Waals surface area contributed by atoms with Crippen LogP contribution in [0.3, 0.4) is 0 Å². The van der Waals surface area contributed by atoms with Gasteiger partial charge in [-0.3, -0.25) is 37.3 Å². The molecular weight excluding hydrogens is 1210 g/mol. The van der Waals surface area contributed by atoms with Crippen LogP contribution in [0, 0.1) is 23.7 Å². The third kappa shape index (κ3) is 64.1. The number of rotatable bonds is 70. The van der Waals surface area contributed by atoms with Crippen LogP contribution in [0.15, 0.2) is 0 Å². The van der Waals surface area contributed by atoms with Crippen molar-refractivity contribution in [2.24, 2.45) is 23.7 Å². The van der Waals surface area contributed by atoms with E-state index in [0.717, 1.165) is 120 Å². The summed E-state index contributed by atoms with van der Waals surface area (Å²) in [6.45, 7) is 14.1. The van der Waals surface area contributed by atoms with Crippen molar-refractivity contribution in [2.45, 2.75) is 382 Å². The molecule has 17 nitrogen and oxygen atoms in total. The molecule has 0 radical (unpaired) electrons. The zero-order valence-corrected chi connectivity index (χ0v) is 62.0. The number of hydrogen-bond donors (Lipinski definition) is 3. The van der Waals surface area contributed by atoms with Gasteiger partial charge >= 0.3 is 39.5 Å². The highest BCUT2D eigenvalue weighted by Gasteiger charge is 2.30. The molecule has 0 aromatic rings. The molecule has 3 N–H and O–H groups in total. The Morgan fingerprint density at radius 2 is 0.522 bits per heavy atom. The second-order valence-electron chi connectivity index (χ2n) is 27.8. The molecule has 0 saturated heterocycles. The van der Waals surface area contributed by atoms with Gasteiger partial charge in [0, 0.05) is 25.7 Å². The molecule has 0 aliphatic carbocycles. The highest BCUT2D eigenvalue weighted by atomic mass is 31.2. The van der Waals surface area contributed by atoms with Crippen molar-refractivity contribution >= 4 is 39.5 Å². The van der Waals surface area contributed by atoms with Gasteiger partial charge in [-0.1, -0.05) is 312 Å². The molecule has 546 valence electrons. The lowest BCUT2D eigenvalue weighted by atomic mass is 9.99. The van der Waals surface area contributed by atoms with E-state index in [1.165, 1.54) is 154 Å². The van der Waals surface area contributed by atoms with Crippen LogP contribution in [0.1, 0.15) is 364 Å². The first-order valence-corrected chi connectivity index (χ1v) is 40.8. The van der Waals surface area contributed by atoms with Crippen molar-refractivity contribution < 1.29 is 80.2 Å². The van der Waals surface area contributed by atoms with Crippen molar-refractivity contribution in [3.05, 3.63) is 0 Å². The predicted molar refractivity (Wildman–Crippen MR) is 372 cm³/mol. The monoisotopic (exact) mass is 1350 g/mol. The van der Waals surface area contributed by atoms with Gasteiger partial charge < -0.3 is 33.8 Å². The second-order valence-corrected chi connectivity index (χ2v) is 30.7. The molecule has 0 heterocycles. The average Bonchev–Trinajstić information content (AvgIpc) is 3.15. The fourth-order valence-corrected chi connectivity index (χ4v) is 12.5. The van der Waals surface area contributed by atoms with E-state index < -0.39 is 97.5 Å². The Hall–Kier alpha value is -1.94. The number of phosphoric ester groups is 2. The molecule has 0 spiro atoms. The quantitative estimate of drug-likeness (QED) is 0.0222. The Kier molecular flexibility index (Phi) is 61.3. The Labute approximate surface area is 562 Å². The molecule has 0 rings (SSSR count). The summed E-state index contributed by atoms with van der Waals surface area (Å²) >= 11 is 0. The van der Waals surface area contributed by atoms with Crippen LogP contribution in [0.2, 0.25) is 0 Å². The van der Waals surface area contributed by atoms with E-state index in [1.54, 1.807) is 0 Å². The maximum atomic E-state index is 13.0. The topological polar surface area (TPSA) is 237 Å². The largest absolute Gasteiger partial charge is 0.472 e. The number of aliphatic hydroxyl groups is 1. The van der Waals surface area contributed by atoms with E-state index in [0.29, 0.717) is 31.6 Å². The van der Waals surface area contributed by atoms with Gasteiger partial charge in [-0.2, -0.15) is 0 Å². The van der Waals surface area contributed by atoms with Gasteiger partial charge in [-0.25, -0.2) is 9.13 Å². The summed E-state index contributed by atoms with van der Waals surface area (Å²) in [6.07, 6.45) is 46.1. The minimum atomic E-state index is -4.95. The molecule has 92 heavy (non-hydrogen) atoms. The zero-order valence-electron chi connectivity index (χ0n) is 60.2. The van der Waals surface area contributed by atoms with E-state index in [9.17, 15) is 43.2 Å². The number of carbonyl (C=O) groups excluding carboxylic acids is 4. The number of aliphatic hydroxyl groups excluding tert-OH is 1. The number of phosphoric acid groups is 2. The van der Waals surface area contributed by atoms with E-state index in [2.05, 4.69) is 55.4 Å². The van der Waals surface area contributed by atoms with E-state index in [1.807, 2.05) is 0 Å². The van der Waals surface area contributed by atoms with Crippen LogP contribution in [0.25, 0.3) is 0 Å². The van der Waals surface area contributed by atoms with E-state index in [-0.39, 0.29) is 25.7 Å². The van der Waals surface area contributed by atoms with Crippen molar-refractivity contribution in [2.75, 3.05) is 39.6 Å². The molecule has 0 fully saturated rings. The van der Waals surface area contributed by atoms with Crippen LogP contribution in [-0.4, -0.2) is 96.7 Å². The number of hydrogen-bond acceptors (Lipinski definition) is 15. The van der Waals surface area contributed by atoms with Crippen LogP contribution in [-0.2, 0) is 65.4 Å². The van der Waals surface area contributed by atoms with Crippen molar-refractivity contribution in [3.63, 3.8) is 0 Å². The normalized spacial score (nSPS) is 14.8. The summed E-state index contributed by atoms with van der Waals surface area (Å²) in [5, 5.41) is 10.6. The Morgan fingerprint density at radius 1 is 0.304 bits per heavy atom. The average molecular weight is 1350 g/mol. The summed E-state index contributed by atoms with van der Waals surface area (Å²) < 4.78 is 68.3. The lowest BCUT2D eigenvalue weighted by Crippen LogP contribution is -2.30. The fraction of sp³-hybridized carbons (Fsp3) is 0.945. The second kappa shape index (κ2) is 62.6. The summed E-state index contributed by atoms with van der Waals surface area (Å²) in [7, 11) is -9.91. The summed E-state index contributed by atoms with van der Waals surface area (Å²) in [4.78, 5) is 72.6. The summed E-state index contributed by atoms with van der Waals surface area (Å²) in [5.41, 5.74) is 0. The Balaban J connectivity index is 5.16. The maximum Gasteiger partial charge on any atom is 0.472 e. The summed E-state index contributed by atoms with van der Waals surface area (Å²) in [6, 6.07) is 0. The lowest BCUT2D eigenvalue weighted by molar-refractivity contribution is -0.161. The summed E-state index contributed by atoms with van der Waals surface area (Å²) in [5.74, 6) is 0.869. The molecule has 19 heteroatoms. The first-order valence-electron chi connectivity index (χ1n) is 37.8. The molecule has 0 aliphatic rings. The van der Waals surface area contributed by atoms with Crippen LogP contribution >= 0.6 is 15.6 Å². The molecule has 7 atom stereocenters. The molecular formula is C73H142O17P2. The maximum absolute atomic E-state index is 13.0. The molecule has 0 saturated carbocycles.